The van der Waals surface area contributed by atoms with Gasteiger partial charge < -0.3 is 10.8 Å². The van der Waals surface area contributed by atoms with Crippen LogP contribution in [0.5, 0.6) is 0 Å². The molecule has 15 heavy (non-hydrogen) atoms. The van der Waals surface area contributed by atoms with Crippen LogP contribution in [0.3, 0.4) is 0 Å². The monoisotopic (exact) mass is 203 g/mol. The molecule has 1 atom stereocenters. The van der Waals surface area contributed by atoms with E-state index in [-0.39, 0.29) is 0 Å². The third-order valence-electron chi connectivity index (χ3n) is 2.28. The van der Waals surface area contributed by atoms with Crippen molar-refractivity contribution in [2.45, 2.75) is 13.0 Å². The predicted molar refractivity (Wildman–Crippen MR) is 59.1 cm³/mol. The normalized spacial score (nSPS) is 12.7. The van der Waals surface area contributed by atoms with Crippen LogP contribution < -0.4 is 5.73 Å². The van der Waals surface area contributed by atoms with Crippen LogP contribution in [-0.4, -0.2) is 15.3 Å². The lowest BCUT2D eigenvalue weighted by atomic mass is 10.1. The number of aromatic nitrogens is 2. The highest BCUT2D eigenvalue weighted by atomic mass is 16.3. The van der Waals surface area contributed by atoms with Crippen LogP contribution >= 0.6 is 0 Å². The summed E-state index contributed by atoms with van der Waals surface area (Å²) in [4.78, 5) is 0. The number of H-pyrrole nitrogens is 1. The van der Waals surface area contributed by atoms with Crippen molar-refractivity contribution < 1.29 is 5.11 Å². The quantitative estimate of drug-likeness (QED) is 0.695. The molecule has 0 fully saturated rings. The van der Waals surface area contributed by atoms with Crippen LogP contribution in [-0.2, 0) is 0 Å². The van der Waals surface area contributed by atoms with Crippen molar-refractivity contribution in [3.05, 3.63) is 35.9 Å². The van der Waals surface area contributed by atoms with Gasteiger partial charge in [-0.25, -0.2) is 0 Å². The number of aliphatic hydroxyl groups is 1. The standard InChI is InChI=1S/C11H13N3O/c1-7(15)8-3-2-4-9(5-8)10-6-11(12)14-13-10/h2-7,15H,1H3,(H3,12,13,14). The molecule has 0 amide bonds. The molecule has 4 heteroatoms. The number of aromatic amines is 1. The molecule has 1 aromatic heterocycles. The van der Waals surface area contributed by atoms with Gasteiger partial charge in [-0.3, -0.25) is 5.10 Å². The maximum Gasteiger partial charge on any atom is 0.145 e. The first-order valence-corrected chi connectivity index (χ1v) is 4.76. The van der Waals surface area contributed by atoms with Gasteiger partial charge in [0.15, 0.2) is 0 Å². The number of benzene rings is 1. The van der Waals surface area contributed by atoms with Gasteiger partial charge in [-0.15, -0.1) is 0 Å². The number of aliphatic hydroxyl groups excluding tert-OH is 1. The van der Waals surface area contributed by atoms with E-state index >= 15 is 0 Å². The third-order valence-corrected chi connectivity index (χ3v) is 2.28. The van der Waals surface area contributed by atoms with Crippen molar-refractivity contribution in [1.82, 2.24) is 10.2 Å². The number of anilines is 1. The topological polar surface area (TPSA) is 74.9 Å². The van der Waals surface area contributed by atoms with E-state index in [4.69, 9.17) is 5.73 Å². The molecule has 2 aromatic rings. The molecule has 0 aliphatic heterocycles. The number of hydrogen-bond donors (Lipinski definition) is 3. The Labute approximate surface area is 87.7 Å². The summed E-state index contributed by atoms with van der Waals surface area (Å²) in [6.07, 6.45) is -0.467. The fraction of sp³-hybridized carbons (Fsp3) is 0.182. The van der Waals surface area contributed by atoms with Crippen LogP contribution in [0.1, 0.15) is 18.6 Å². The van der Waals surface area contributed by atoms with E-state index in [9.17, 15) is 5.11 Å². The van der Waals surface area contributed by atoms with E-state index in [2.05, 4.69) is 10.2 Å². The Balaban J connectivity index is 2.41. The van der Waals surface area contributed by atoms with Gasteiger partial charge in [0.1, 0.15) is 5.82 Å². The molecule has 1 unspecified atom stereocenters. The second kappa shape index (κ2) is 3.74. The highest BCUT2D eigenvalue weighted by Gasteiger charge is 2.05. The lowest BCUT2D eigenvalue weighted by molar-refractivity contribution is 0.199. The van der Waals surface area contributed by atoms with E-state index < -0.39 is 6.10 Å². The maximum absolute atomic E-state index is 9.45. The number of hydrogen-bond acceptors (Lipinski definition) is 3. The molecular formula is C11H13N3O. The maximum atomic E-state index is 9.45. The molecule has 0 saturated heterocycles. The van der Waals surface area contributed by atoms with E-state index in [0.29, 0.717) is 5.82 Å². The second-order valence-electron chi connectivity index (χ2n) is 3.51. The highest BCUT2D eigenvalue weighted by Crippen LogP contribution is 2.22. The van der Waals surface area contributed by atoms with Crippen LogP contribution in [0.2, 0.25) is 0 Å². The molecule has 0 saturated carbocycles. The van der Waals surface area contributed by atoms with E-state index in [1.165, 1.54) is 0 Å². The molecule has 4 N–H and O–H groups in total. The minimum absolute atomic E-state index is 0.465. The molecule has 0 aliphatic carbocycles. The molecular weight excluding hydrogens is 190 g/mol. The van der Waals surface area contributed by atoms with E-state index in [0.717, 1.165) is 16.8 Å². The Morgan fingerprint density at radius 3 is 2.80 bits per heavy atom. The Hall–Kier alpha value is -1.81. The molecule has 1 heterocycles. The minimum Gasteiger partial charge on any atom is -0.389 e. The summed E-state index contributed by atoms with van der Waals surface area (Å²) in [6, 6.07) is 9.40. The van der Waals surface area contributed by atoms with Crippen LogP contribution in [0.4, 0.5) is 5.82 Å². The predicted octanol–water partition coefficient (Wildman–Crippen LogP) is 1.71. The summed E-state index contributed by atoms with van der Waals surface area (Å²) in [5, 5.41) is 16.1. The van der Waals surface area contributed by atoms with Crippen LogP contribution in [0, 0.1) is 0 Å². The fourth-order valence-electron chi connectivity index (χ4n) is 1.45. The number of nitrogens with zero attached hydrogens (tertiary/aromatic N) is 1. The number of nitrogens with two attached hydrogens (primary N) is 1. The van der Waals surface area contributed by atoms with Crippen molar-refractivity contribution >= 4 is 5.82 Å². The SMILES string of the molecule is CC(O)c1cccc(-c2cc(N)n[nH]2)c1. The average Bonchev–Trinajstić information content (AvgIpc) is 2.65. The molecule has 1 aromatic carbocycles. The zero-order chi connectivity index (χ0) is 10.8. The zero-order valence-electron chi connectivity index (χ0n) is 8.44. The lowest BCUT2D eigenvalue weighted by Gasteiger charge is -2.05. The summed E-state index contributed by atoms with van der Waals surface area (Å²) >= 11 is 0. The van der Waals surface area contributed by atoms with E-state index in [1.54, 1.807) is 13.0 Å². The van der Waals surface area contributed by atoms with Gasteiger partial charge in [-0.2, -0.15) is 5.10 Å². The minimum atomic E-state index is -0.467. The summed E-state index contributed by atoms with van der Waals surface area (Å²) in [5.74, 6) is 0.465. The van der Waals surface area contributed by atoms with Gasteiger partial charge in [0, 0.05) is 6.07 Å². The van der Waals surface area contributed by atoms with Gasteiger partial charge in [0.2, 0.25) is 0 Å². The Kier molecular flexibility index (Phi) is 2.43. The summed E-state index contributed by atoms with van der Waals surface area (Å²) in [6.45, 7) is 1.74. The molecule has 2 rings (SSSR count). The number of nitrogen functional groups attached to an aromatic ring is 1. The van der Waals surface area contributed by atoms with Gasteiger partial charge in [-0.05, 0) is 24.1 Å². The first-order valence-electron chi connectivity index (χ1n) is 4.76. The van der Waals surface area contributed by atoms with Crippen LogP contribution in [0.25, 0.3) is 11.3 Å². The summed E-state index contributed by atoms with van der Waals surface area (Å²) in [7, 11) is 0. The fourth-order valence-corrected chi connectivity index (χ4v) is 1.45. The Bertz CT molecular complexity index is 462. The van der Waals surface area contributed by atoms with Crippen molar-refractivity contribution in [3.8, 4) is 11.3 Å². The molecule has 0 spiro atoms. The first-order chi connectivity index (χ1) is 7.16. The first kappa shape index (κ1) is 9.73. The van der Waals surface area contributed by atoms with Gasteiger partial charge in [0.05, 0.1) is 11.8 Å². The van der Waals surface area contributed by atoms with E-state index in [1.807, 2.05) is 24.3 Å². The van der Waals surface area contributed by atoms with Gasteiger partial charge in [-0.1, -0.05) is 18.2 Å². The molecule has 0 aliphatic rings. The van der Waals surface area contributed by atoms with Crippen molar-refractivity contribution in [1.29, 1.82) is 0 Å². The van der Waals surface area contributed by atoms with Crippen molar-refractivity contribution in [2.75, 3.05) is 5.73 Å². The number of rotatable bonds is 2. The van der Waals surface area contributed by atoms with Crippen molar-refractivity contribution in [2.24, 2.45) is 0 Å². The molecule has 78 valence electrons. The lowest BCUT2D eigenvalue weighted by Crippen LogP contribution is -1.90. The molecule has 0 radical (unpaired) electrons. The second-order valence-corrected chi connectivity index (χ2v) is 3.51. The third kappa shape index (κ3) is 1.99. The summed E-state index contributed by atoms with van der Waals surface area (Å²) in [5.41, 5.74) is 8.22. The average molecular weight is 203 g/mol. The van der Waals surface area contributed by atoms with Gasteiger partial charge >= 0.3 is 0 Å². The number of nitrogens with one attached hydrogen (secondary N) is 1. The highest BCUT2D eigenvalue weighted by molar-refractivity contribution is 5.62. The largest absolute Gasteiger partial charge is 0.389 e. The molecule has 0 bridgehead atoms. The zero-order valence-corrected chi connectivity index (χ0v) is 8.44. The Morgan fingerprint density at radius 2 is 2.20 bits per heavy atom. The van der Waals surface area contributed by atoms with Crippen LogP contribution in [0.15, 0.2) is 30.3 Å². The summed E-state index contributed by atoms with van der Waals surface area (Å²) < 4.78 is 0. The smallest absolute Gasteiger partial charge is 0.145 e. The Morgan fingerprint density at radius 1 is 1.40 bits per heavy atom. The van der Waals surface area contributed by atoms with Crippen molar-refractivity contribution in [3.63, 3.8) is 0 Å². The molecule has 4 nitrogen and oxygen atoms in total. The van der Waals surface area contributed by atoms with Gasteiger partial charge in [0.25, 0.3) is 0 Å².